The number of amides is 2. The number of ether oxygens (including phenoxy) is 1. The number of pyridine rings is 1. The first-order valence-electron chi connectivity index (χ1n) is 8.96. The monoisotopic (exact) mass is 369 g/mol. The number of hydrogen-bond donors (Lipinski definition) is 2. The predicted molar refractivity (Wildman–Crippen MR) is 105 cm³/mol. The number of rotatable bonds is 7. The largest absolute Gasteiger partial charge is 0.483 e. The molecule has 1 aromatic carbocycles. The summed E-state index contributed by atoms with van der Waals surface area (Å²) in [4.78, 5) is 27.8. The maximum Gasteiger partial charge on any atom is 0.258 e. The minimum Gasteiger partial charge on any atom is -0.483 e. The van der Waals surface area contributed by atoms with Crippen LogP contribution in [0.1, 0.15) is 42.3 Å². The first-order chi connectivity index (χ1) is 12.8. The Kier molecular flexibility index (Phi) is 6.93. The zero-order chi connectivity index (χ0) is 19.9. The average Bonchev–Trinajstić information content (AvgIpc) is 2.64. The molecule has 0 aliphatic rings. The molecule has 0 fully saturated rings. The van der Waals surface area contributed by atoms with Gasteiger partial charge < -0.3 is 15.4 Å². The van der Waals surface area contributed by atoms with Crippen LogP contribution in [-0.4, -0.2) is 36.5 Å². The zero-order valence-corrected chi connectivity index (χ0v) is 16.3. The Labute approximate surface area is 160 Å². The van der Waals surface area contributed by atoms with Crippen LogP contribution < -0.4 is 15.4 Å². The Morgan fingerprint density at radius 1 is 1.04 bits per heavy atom. The SMILES string of the molecule is Cc1ccc(OCC(=O)NCCNC(=O)c2ccncc2)c(C(C)(C)C)c1. The van der Waals surface area contributed by atoms with Crippen LogP contribution in [0.25, 0.3) is 0 Å². The maximum absolute atomic E-state index is 12.0. The van der Waals surface area contributed by atoms with Gasteiger partial charge in [0.05, 0.1) is 0 Å². The lowest BCUT2D eigenvalue weighted by Crippen LogP contribution is -2.36. The van der Waals surface area contributed by atoms with Gasteiger partial charge in [0.15, 0.2) is 6.61 Å². The van der Waals surface area contributed by atoms with E-state index in [2.05, 4.69) is 42.5 Å². The van der Waals surface area contributed by atoms with Crippen molar-refractivity contribution in [3.63, 3.8) is 0 Å². The highest BCUT2D eigenvalue weighted by Crippen LogP contribution is 2.32. The minimum absolute atomic E-state index is 0.0650. The van der Waals surface area contributed by atoms with Crippen LogP contribution in [0.2, 0.25) is 0 Å². The Hall–Kier alpha value is -2.89. The second-order valence-electron chi connectivity index (χ2n) is 7.38. The molecule has 6 heteroatoms. The Morgan fingerprint density at radius 2 is 1.70 bits per heavy atom. The van der Waals surface area contributed by atoms with Gasteiger partial charge in [-0.1, -0.05) is 38.5 Å². The number of nitrogens with one attached hydrogen (secondary N) is 2. The Bertz CT molecular complexity index is 783. The molecule has 1 aromatic heterocycles. The second kappa shape index (κ2) is 9.16. The van der Waals surface area contributed by atoms with E-state index in [0.29, 0.717) is 24.4 Å². The van der Waals surface area contributed by atoms with Crippen molar-refractivity contribution in [2.24, 2.45) is 0 Å². The maximum atomic E-state index is 12.0. The predicted octanol–water partition coefficient (Wildman–Crippen LogP) is 2.61. The lowest BCUT2D eigenvalue weighted by atomic mass is 9.85. The summed E-state index contributed by atoms with van der Waals surface area (Å²) in [6.07, 6.45) is 3.12. The Balaban J connectivity index is 1.76. The van der Waals surface area contributed by atoms with E-state index < -0.39 is 0 Å². The van der Waals surface area contributed by atoms with Crippen LogP contribution >= 0.6 is 0 Å². The zero-order valence-electron chi connectivity index (χ0n) is 16.3. The van der Waals surface area contributed by atoms with Gasteiger partial charge in [-0.05, 0) is 36.1 Å². The van der Waals surface area contributed by atoms with Crippen LogP contribution in [0.4, 0.5) is 0 Å². The molecule has 0 saturated carbocycles. The van der Waals surface area contributed by atoms with E-state index >= 15 is 0 Å². The molecule has 1 heterocycles. The first kappa shape index (κ1) is 20.4. The Morgan fingerprint density at radius 3 is 2.37 bits per heavy atom. The van der Waals surface area contributed by atoms with Crippen molar-refractivity contribution in [1.29, 1.82) is 0 Å². The third-order valence-corrected chi connectivity index (χ3v) is 3.98. The summed E-state index contributed by atoms with van der Waals surface area (Å²) in [5.74, 6) is 0.292. The normalized spacial score (nSPS) is 11.0. The van der Waals surface area contributed by atoms with Crippen molar-refractivity contribution >= 4 is 11.8 Å². The summed E-state index contributed by atoms with van der Waals surface area (Å²) in [6, 6.07) is 9.23. The molecule has 0 radical (unpaired) electrons. The van der Waals surface area contributed by atoms with Gasteiger partial charge in [-0.2, -0.15) is 0 Å². The molecule has 2 rings (SSSR count). The van der Waals surface area contributed by atoms with Crippen LogP contribution in [-0.2, 0) is 10.2 Å². The minimum atomic E-state index is -0.228. The third-order valence-electron chi connectivity index (χ3n) is 3.98. The number of benzene rings is 1. The molecular weight excluding hydrogens is 342 g/mol. The number of aromatic nitrogens is 1. The van der Waals surface area contributed by atoms with Gasteiger partial charge >= 0.3 is 0 Å². The molecule has 2 aromatic rings. The first-order valence-corrected chi connectivity index (χ1v) is 8.96. The highest BCUT2D eigenvalue weighted by Gasteiger charge is 2.19. The molecule has 144 valence electrons. The van der Waals surface area contributed by atoms with E-state index in [1.54, 1.807) is 24.5 Å². The van der Waals surface area contributed by atoms with E-state index in [1.165, 1.54) is 0 Å². The van der Waals surface area contributed by atoms with Gasteiger partial charge in [-0.25, -0.2) is 0 Å². The van der Waals surface area contributed by atoms with Crippen molar-refractivity contribution in [1.82, 2.24) is 15.6 Å². The summed E-state index contributed by atoms with van der Waals surface area (Å²) in [5.41, 5.74) is 2.69. The lowest BCUT2D eigenvalue weighted by molar-refractivity contribution is -0.123. The summed E-state index contributed by atoms with van der Waals surface area (Å²) < 4.78 is 5.72. The fourth-order valence-electron chi connectivity index (χ4n) is 2.53. The quantitative estimate of drug-likeness (QED) is 0.735. The fourth-order valence-corrected chi connectivity index (χ4v) is 2.53. The molecule has 2 amide bonds. The molecular formula is C21H27N3O3. The molecule has 0 bridgehead atoms. The standard InChI is InChI=1S/C21H27N3O3/c1-15-5-6-18(17(13-15)21(2,3)4)27-14-19(25)23-11-12-24-20(26)16-7-9-22-10-8-16/h5-10,13H,11-12,14H2,1-4H3,(H,23,25)(H,24,26). The van der Waals surface area contributed by atoms with Crippen molar-refractivity contribution < 1.29 is 14.3 Å². The third kappa shape index (κ3) is 6.40. The highest BCUT2D eigenvalue weighted by molar-refractivity contribution is 5.93. The molecule has 2 N–H and O–H groups in total. The van der Waals surface area contributed by atoms with Crippen LogP contribution in [0.3, 0.4) is 0 Å². The summed E-state index contributed by atoms with van der Waals surface area (Å²) >= 11 is 0. The smallest absolute Gasteiger partial charge is 0.258 e. The van der Waals surface area contributed by atoms with Crippen molar-refractivity contribution in [3.8, 4) is 5.75 Å². The number of hydrogen-bond acceptors (Lipinski definition) is 4. The number of aryl methyl sites for hydroxylation is 1. The van der Waals surface area contributed by atoms with Crippen molar-refractivity contribution in [3.05, 3.63) is 59.4 Å². The molecule has 27 heavy (non-hydrogen) atoms. The molecule has 0 saturated heterocycles. The van der Waals surface area contributed by atoms with Crippen LogP contribution in [0.15, 0.2) is 42.7 Å². The van der Waals surface area contributed by atoms with E-state index in [4.69, 9.17) is 4.74 Å². The van der Waals surface area contributed by atoms with Gasteiger partial charge in [-0.3, -0.25) is 14.6 Å². The number of carbonyl (C=O) groups is 2. The van der Waals surface area contributed by atoms with E-state index in [0.717, 1.165) is 11.1 Å². The van der Waals surface area contributed by atoms with Gasteiger partial charge in [0.1, 0.15) is 5.75 Å². The van der Waals surface area contributed by atoms with Crippen molar-refractivity contribution in [2.75, 3.05) is 19.7 Å². The lowest BCUT2D eigenvalue weighted by Gasteiger charge is -2.23. The number of nitrogens with zero attached hydrogens (tertiary/aromatic N) is 1. The van der Waals surface area contributed by atoms with Gasteiger partial charge in [0.25, 0.3) is 11.8 Å². The van der Waals surface area contributed by atoms with Gasteiger partial charge in [0.2, 0.25) is 0 Å². The summed E-state index contributed by atoms with van der Waals surface area (Å²) in [6.45, 7) is 8.97. The molecule has 6 nitrogen and oxygen atoms in total. The van der Waals surface area contributed by atoms with Gasteiger partial charge in [0, 0.05) is 31.0 Å². The van der Waals surface area contributed by atoms with Gasteiger partial charge in [-0.15, -0.1) is 0 Å². The molecule has 0 unspecified atom stereocenters. The van der Waals surface area contributed by atoms with Crippen LogP contribution in [0.5, 0.6) is 5.75 Å². The summed E-state index contributed by atoms with van der Waals surface area (Å²) in [5, 5.41) is 5.48. The highest BCUT2D eigenvalue weighted by atomic mass is 16.5. The second-order valence-corrected chi connectivity index (χ2v) is 7.38. The molecule has 0 aliphatic carbocycles. The molecule has 0 aliphatic heterocycles. The number of carbonyl (C=O) groups excluding carboxylic acids is 2. The fraction of sp³-hybridized carbons (Fsp3) is 0.381. The summed E-state index contributed by atoms with van der Waals surface area (Å²) in [7, 11) is 0. The van der Waals surface area contributed by atoms with Crippen molar-refractivity contribution in [2.45, 2.75) is 33.1 Å². The van der Waals surface area contributed by atoms with E-state index in [1.807, 2.05) is 19.1 Å². The molecule has 0 spiro atoms. The van der Waals surface area contributed by atoms with E-state index in [-0.39, 0.29) is 23.8 Å². The average molecular weight is 369 g/mol. The van der Waals surface area contributed by atoms with Crippen LogP contribution in [0, 0.1) is 6.92 Å². The topological polar surface area (TPSA) is 80.3 Å². The van der Waals surface area contributed by atoms with E-state index in [9.17, 15) is 9.59 Å². The molecule has 0 atom stereocenters.